The van der Waals surface area contributed by atoms with Crippen molar-refractivity contribution >= 4 is 39.9 Å². The van der Waals surface area contributed by atoms with Gasteiger partial charge in [0.2, 0.25) is 5.91 Å². The van der Waals surface area contributed by atoms with Crippen LogP contribution in [0.3, 0.4) is 0 Å². The Balaban J connectivity index is 1.70. The van der Waals surface area contributed by atoms with Crippen LogP contribution in [-0.4, -0.2) is 50.0 Å². The molecular formula is C34H28F2N6O4. The second-order valence-corrected chi connectivity index (χ2v) is 10.6. The van der Waals surface area contributed by atoms with Gasteiger partial charge < -0.3 is 25.2 Å². The highest BCUT2D eigenvalue weighted by Crippen LogP contribution is 2.38. The number of carbonyl (C=O) groups is 3. The van der Waals surface area contributed by atoms with Crippen LogP contribution in [0, 0.1) is 22.7 Å². The van der Waals surface area contributed by atoms with Gasteiger partial charge in [0, 0.05) is 11.1 Å². The number of halogens is 2. The molecule has 1 aliphatic heterocycles. The smallest absolute Gasteiger partial charge is 0.387 e. The van der Waals surface area contributed by atoms with E-state index in [-0.39, 0.29) is 46.9 Å². The summed E-state index contributed by atoms with van der Waals surface area (Å²) in [5, 5.41) is 25.8. The van der Waals surface area contributed by atoms with Crippen LogP contribution in [0.2, 0.25) is 0 Å². The van der Waals surface area contributed by atoms with E-state index in [2.05, 4.69) is 10.6 Å². The molecule has 3 amide bonds. The number of nitrogens with one attached hydrogen (secondary N) is 2. The Kier molecular flexibility index (Phi) is 9.21. The predicted molar refractivity (Wildman–Crippen MR) is 166 cm³/mol. The van der Waals surface area contributed by atoms with Crippen molar-refractivity contribution in [2.24, 2.45) is 0 Å². The first kappa shape index (κ1) is 31.6. The third kappa shape index (κ3) is 6.34. The van der Waals surface area contributed by atoms with Crippen molar-refractivity contribution in [3.05, 3.63) is 101 Å². The lowest BCUT2D eigenvalue weighted by atomic mass is 10.0. The zero-order chi connectivity index (χ0) is 33.0. The number of nitriles is 2. The minimum Gasteiger partial charge on any atom is -0.434 e. The van der Waals surface area contributed by atoms with Crippen molar-refractivity contribution in [3.8, 4) is 17.9 Å². The van der Waals surface area contributed by atoms with E-state index in [4.69, 9.17) is 4.74 Å². The van der Waals surface area contributed by atoms with Crippen LogP contribution in [0.4, 0.5) is 20.2 Å². The Bertz CT molecular complexity index is 1900. The monoisotopic (exact) mass is 622 g/mol. The zero-order valence-electron chi connectivity index (χ0n) is 24.8. The molecule has 1 aliphatic rings. The number of alkyl halides is 2. The Morgan fingerprint density at radius 3 is 2.35 bits per heavy atom. The molecule has 12 heteroatoms. The van der Waals surface area contributed by atoms with E-state index in [9.17, 15) is 33.7 Å². The molecule has 0 bridgehead atoms. The quantitative estimate of drug-likeness (QED) is 0.296. The van der Waals surface area contributed by atoms with Crippen molar-refractivity contribution in [2.45, 2.75) is 32.2 Å². The van der Waals surface area contributed by atoms with Crippen LogP contribution in [0.15, 0.2) is 78.9 Å². The third-order valence-electron chi connectivity index (χ3n) is 7.79. The number of carbonyl (C=O) groups excluding carboxylic acids is 3. The molecule has 0 fully saturated rings. The van der Waals surface area contributed by atoms with Crippen LogP contribution in [0.5, 0.6) is 5.75 Å². The average molecular weight is 623 g/mol. The van der Waals surface area contributed by atoms with Gasteiger partial charge in [-0.05, 0) is 73.3 Å². The summed E-state index contributed by atoms with van der Waals surface area (Å²) in [6, 6.07) is 22.5. The van der Waals surface area contributed by atoms with Gasteiger partial charge in [-0.2, -0.15) is 19.3 Å². The number of rotatable bonds is 8. The molecular weight excluding hydrogens is 594 g/mol. The SMILES string of the molecule is CNC(C)C(=O)NC1CN(C(=O)c2ccc(C#N)cc2)c2cc(C#N)ccc2N(Cc2c(OC(F)F)ccc3ccccc23)C1=O. The lowest BCUT2D eigenvalue weighted by Gasteiger charge is -2.27. The molecule has 2 unspecified atom stereocenters. The first-order valence-electron chi connectivity index (χ1n) is 14.3. The summed E-state index contributed by atoms with van der Waals surface area (Å²) in [5.41, 5.74) is 1.41. The van der Waals surface area contributed by atoms with E-state index in [0.29, 0.717) is 16.3 Å². The Morgan fingerprint density at radius 1 is 0.978 bits per heavy atom. The topological polar surface area (TPSA) is 139 Å². The molecule has 4 aromatic rings. The highest BCUT2D eigenvalue weighted by atomic mass is 19.3. The minimum absolute atomic E-state index is 0.143. The molecule has 5 rings (SSSR count). The van der Waals surface area contributed by atoms with E-state index >= 15 is 0 Å². The van der Waals surface area contributed by atoms with Crippen molar-refractivity contribution in [1.82, 2.24) is 10.6 Å². The molecule has 46 heavy (non-hydrogen) atoms. The molecule has 2 N–H and O–H groups in total. The van der Waals surface area contributed by atoms with E-state index in [1.165, 1.54) is 58.3 Å². The largest absolute Gasteiger partial charge is 0.434 e. The molecule has 10 nitrogen and oxygen atoms in total. The summed E-state index contributed by atoms with van der Waals surface area (Å²) in [6.45, 7) is -2.12. The van der Waals surface area contributed by atoms with Crippen molar-refractivity contribution in [3.63, 3.8) is 0 Å². The number of nitrogens with zero attached hydrogens (tertiary/aromatic N) is 4. The second kappa shape index (κ2) is 13.4. The maximum Gasteiger partial charge on any atom is 0.387 e. The normalized spacial score (nSPS) is 15.0. The molecule has 4 aromatic carbocycles. The molecule has 0 spiro atoms. The summed E-state index contributed by atoms with van der Waals surface area (Å²) >= 11 is 0. The first-order valence-corrected chi connectivity index (χ1v) is 14.3. The van der Waals surface area contributed by atoms with Crippen molar-refractivity contribution in [1.29, 1.82) is 10.5 Å². The number of amides is 3. The van der Waals surface area contributed by atoms with Crippen LogP contribution < -0.4 is 25.2 Å². The third-order valence-corrected chi connectivity index (χ3v) is 7.79. The van der Waals surface area contributed by atoms with E-state index in [1.807, 2.05) is 12.1 Å². The summed E-state index contributed by atoms with van der Waals surface area (Å²) in [7, 11) is 1.58. The Morgan fingerprint density at radius 2 is 1.67 bits per heavy atom. The van der Waals surface area contributed by atoms with Gasteiger partial charge in [0.05, 0.1) is 53.8 Å². The summed E-state index contributed by atoms with van der Waals surface area (Å²) in [6.07, 6.45) is 0. The zero-order valence-corrected chi connectivity index (χ0v) is 24.8. The average Bonchev–Trinajstić information content (AvgIpc) is 3.18. The maximum atomic E-state index is 14.4. The fourth-order valence-electron chi connectivity index (χ4n) is 5.28. The van der Waals surface area contributed by atoms with Gasteiger partial charge in [-0.1, -0.05) is 30.3 Å². The lowest BCUT2D eigenvalue weighted by Crippen LogP contribution is -2.55. The van der Waals surface area contributed by atoms with Gasteiger partial charge in [-0.3, -0.25) is 14.4 Å². The fourth-order valence-corrected chi connectivity index (χ4v) is 5.28. The van der Waals surface area contributed by atoms with Gasteiger partial charge in [0.25, 0.3) is 11.8 Å². The van der Waals surface area contributed by atoms with Gasteiger partial charge in [-0.15, -0.1) is 0 Å². The molecule has 0 saturated heterocycles. The summed E-state index contributed by atoms with van der Waals surface area (Å²) in [5.74, 6) is -1.82. The van der Waals surface area contributed by atoms with Gasteiger partial charge in [0.15, 0.2) is 0 Å². The number of hydrogen-bond donors (Lipinski definition) is 2. The number of fused-ring (bicyclic) bond motifs is 2. The molecule has 0 radical (unpaired) electrons. The van der Waals surface area contributed by atoms with E-state index < -0.39 is 36.4 Å². The molecule has 2 atom stereocenters. The fraction of sp³-hybridized carbons (Fsp3) is 0.206. The van der Waals surface area contributed by atoms with Crippen LogP contribution in [-0.2, 0) is 16.1 Å². The summed E-state index contributed by atoms with van der Waals surface area (Å²) in [4.78, 5) is 44.2. The molecule has 1 heterocycles. The number of anilines is 2. The molecule has 0 aromatic heterocycles. The van der Waals surface area contributed by atoms with Crippen molar-refractivity contribution in [2.75, 3.05) is 23.4 Å². The van der Waals surface area contributed by atoms with Crippen LogP contribution in [0.25, 0.3) is 10.8 Å². The molecule has 0 saturated carbocycles. The van der Waals surface area contributed by atoms with Gasteiger partial charge >= 0.3 is 6.61 Å². The number of benzene rings is 4. The first-order chi connectivity index (χ1) is 22.1. The number of likely N-dealkylation sites (N-methyl/N-ethyl adjacent to an activating group) is 1. The standard InChI is InChI=1S/C34H28F2N6O4/c1-20(39-2)31(43)40-27-19-42(32(44)24-10-7-21(16-37)8-11-24)29-15-22(17-38)9-13-28(29)41(33(27)45)18-26-25-6-4-3-5-23(25)12-14-30(26)46-34(35)36/h3-15,20,27,34,39H,18-19H2,1-2H3,(H,40,43). The predicted octanol–water partition coefficient (Wildman–Crippen LogP) is 4.47. The van der Waals surface area contributed by atoms with E-state index in [0.717, 1.165) is 0 Å². The molecule has 0 aliphatic carbocycles. The van der Waals surface area contributed by atoms with Gasteiger partial charge in [0.1, 0.15) is 11.8 Å². The number of hydrogen-bond acceptors (Lipinski definition) is 7. The number of ether oxygens (including phenoxy) is 1. The second-order valence-electron chi connectivity index (χ2n) is 10.6. The maximum absolute atomic E-state index is 14.4. The van der Waals surface area contributed by atoms with Crippen LogP contribution in [0.1, 0.15) is 34.0 Å². The lowest BCUT2D eigenvalue weighted by molar-refractivity contribution is -0.128. The highest BCUT2D eigenvalue weighted by Gasteiger charge is 2.38. The Labute approximate surface area is 263 Å². The summed E-state index contributed by atoms with van der Waals surface area (Å²) < 4.78 is 32.0. The minimum atomic E-state index is -3.14. The van der Waals surface area contributed by atoms with Gasteiger partial charge in [-0.25, -0.2) is 0 Å². The Hall–Kier alpha value is -5.85. The van der Waals surface area contributed by atoms with Crippen LogP contribution >= 0.6 is 0 Å². The van der Waals surface area contributed by atoms with Crippen molar-refractivity contribution < 1.29 is 27.9 Å². The molecule has 232 valence electrons. The van der Waals surface area contributed by atoms with E-state index in [1.54, 1.807) is 44.3 Å². The highest BCUT2D eigenvalue weighted by molar-refractivity contribution is 6.13.